The first-order chi connectivity index (χ1) is 7.68. The molecule has 16 heavy (non-hydrogen) atoms. The minimum atomic E-state index is -0.218. The van der Waals surface area contributed by atoms with Crippen molar-refractivity contribution in [3.63, 3.8) is 0 Å². The van der Waals surface area contributed by atoms with E-state index < -0.39 is 0 Å². The molecule has 1 aromatic heterocycles. The highest BCUT2D eigenvalue weighted by atomic mass is 16.2. The standard InChI is InChI=1S/C11H16N4O/c1-7-3-2-4-8(7)15-11(16)9-10(12)14-6-5-13-9/h5-8H,2-4H2,1H3,(H2,12,14)(H,15,16)/t7-,8+/m0/s1. The van der Waals surface area contributed by atoms with E-state index in [1.807, 2.05) is 0 Å². The molecule has 1 fully saturated rings. The fraction of sp³-hybridized carbons (Fsp3) is 0.545. The number of hydrogen-bond donors (Lipinski definition) is 2. The van der Waals surface area contributed by atoms with E-state index in [9.17, 15) is 4.79 Å². The van der Waals surface area contributed by atoms with Gasteiger partial charge in [0, 0.05) is 18.4 Å². The molecule has 0 spiro atoms. The third-order valence-electron chi connectivity index (χ3n) is 3.12. The van der Waals surface area contributed by atoms with Crippen molar-refractivity contribution in [1.82, 2.24) is 15.3 Å². The van der Waals surface area contributed by atoms with Crippen LogP contribution in [0.4, 0.5) is 5.82 Å². The van der Waals surface area contributed by atoms with Gasteiger partial charge in [0.2, 0.25) is 0 Å². The van der Waals surface area contributed by atoms with Gasteiger partial charge in [0.1, 0.15) is 0 Å². The van der Waals surface area contributed by atoms with Crippen molar-refractivity contribution in [3.8, 4) is 0 Å². The van der Waals surface area contributed by atoms with Gasteiger partial charge in [-0.15, -0.1) is 0 Å². The molecule has 1 aromatic rings. The van der Waals surface area contributed by atoms with Crippen LogP contribution in [0, 0.1) is 5.92 Å². The summed E-state index contributed by atoms with van der Waals surface area (Å²) in [7, 11) is 0. The average Bonchev–Trinajstić information content (AvgIpc) is 2.65. The van der Waals surface area contributed by atoms with Crippen LogP contribution < -0.4 is 11.1 Å². The Kier molecular flexibility index (Phi) is 3.03. The molecule has 5 heteroatoms. The molecule has 0 radical (unpaired) electrons. The van der Waals surface area contributed by atoms with E-state index in [2.05, 4.69) is 22.2 Å². The zero-order valence-electron chi connectivity index (χ0n) is 9.31. The summed E-state index contributed by atoms with van der Waals surface area (Å²) in [4.78, 5) is 19.7. The van der Waals surface area contributed by atoms with E-state index in [1.165, 1.54) is 25.2 Å². The molecule has 1 aliphatic carbocycles. The first-order valence-corrected chi connectivity index (χ1v) is 5.56. The van der Waals surface area contributed by atoms with Crippen molar-refractivity contribution in [2.45, 2.75) is 32.2 Å². The molecule has 1 aliphatic rings. The number of rotatable bonds is 2. The third kappa shape index (κ3) is 2.13. The molecular weight excluding hydrogens is 204 g/mol. The predicted molar refractivity (Wildman–Crippen MR) is 60.7 cm³/mol. The van der Waals surface area contributed by atoms with Gasteiger partial charge in [-0.1, -0.05) is 13.3 Å². The minimum absolute atomic E-state index is 0.186. The molecule has 1 heterocycles. The van der Waals surface area contributed by atoms with Gasteiger partial charge in [0.15, 0.2) is 11.5 Å². The first-order valence-electron chi connectivity index (χ1n) is 5.56. The van der Waals surface area contributed by atoms with Gasteiger partial charge >= 0.3 is 0 Å². The lowest BCUT2D eigenvalue weighted by Crippen LogP contribution is -2.37. The van der Waals surface area contributed by atoms with Gasteiger partial charge in [0.05, 0.1) is 0 Å². The molecular formula is C11H16N4O. The Morgan fingerprint density at radius 3 is 2.81 bits per heavy atom. The number of nitrogens with two attached hydrogens (primary N) is 1. The molecule has 1 amide bonds. The molecule has 0 bridgehead atoms. The fourth-order valence-electron chi connectivity index (χ4n) is 2.12. The monoisotopic (exact) mass is 220 g/mol. The number of nitrogens with one attached hydrogen (secondary N) is 1. The van der Waals surface area contributed by atoms with E-state index in [0.717, 1.165) is 6.42 Å². The van der Waals surface area contributed by atoms with Gasteiger partial charge in [-0.05, 0) is 18.8 Å². The Morgan fingerprint density at radius 1 is 1.44 bits per heavy atom. The molecule has 1 saturated carbocycles. The lowest BCUT2D eigenvalue weighted by Gasteiger charge is -2.17. The summed E-state index contributed by atoms with van der Waals surface area (Å²) in [5.41, 5.74) is 5.82. The summed E-state index contributed by atoms with van der Waals surface area (Å²) < 4.78 is 0. The number of nitrogens with zero attached hydrogens (tertiary/aromatic N) is 2. The van der Waals surface area contributed by atoms with Crippen LogP contribution in [0.25, 0.3) is 0 Å². The van der Waals surface area contributed by atoms with E-state index in [-0.39, 0.29) is 23.5 Å². The molecule has 0 aromatic carbocycles. The number of carbonyl (C=O) groups is 1. The second-order valence-corrected chi connectivity index (χ2v) is 4.28. The molecule has 5 nitrogen and oxygen atoms in total. The molecule has 2 atom stereocenters. The van der Waals surface area contributed by atoms with Crippen LogP contribution in [-0.4, -0.2) is 21.9 Å². The van der Waals surface area contributed by atoms with Crippen LogP contribution in [0.2, 0.25) is 0 Å². The topological polar surface area (TPSA) is 80.9 Å². The van der Waals surface area contributed by atoms with Crippen LogP contribution in [0.3, 0.4) is 0 Å². The maximum atomic E-state index is 11.9. The Labute approximate surface area is 94.5 Å². The minimum Gasteiger partial charge on any atom is -0.382 e. The molecule has 0 saturated heterocycles. The second kappa shape index (κ2) is 4.47. The highest BCUT2D eigenvalue weighted by Crippen LogP contribution is 2.25. The lowest BCUT2D eigenvalue weighted by molar-refractivity contribution is 0.0925. The summed E-state index contributed by atoms with van der Waals surface area (Å²) in [6.45, 7) is 2.15. The Balaban J connectivity index is 2.06. The number of carbonyl (C=O) groups excluding carboxylic acids is 1. The summed E-state index contributed by atoms with van der Waals surface area (Å²) >= 11 is 0. The van der Waals surface area contributed by atoms with E-state index in [1.54, 1.807) is 0 Å². The van der Waals surface area contributed by atoms with Crippen LogP contribution in [0.5, 0.6) is 0 Å². The zero-order valence-corrected chi connectivity index (χ0v) is 9.31. The molecule has 2 rings (SSSR count). The van der Waals surface area contributed by atoms with Crippen LogP contribution in [0.1, 0.15) is 36.7 Å². The highest BCUT2D eigenvalue weighted by Gasteiger charge is 2.26. The highest BCUT2D eigenvalue weighted by molar-refractivity contribution is 5.96. The molecule has 0 aliphatic heterocycles. The Hall–Kier alpha value is -1.65. The first kappa shape index (κ1) is 10.9. The van der Waals surface area contributed by atoms with Gasteiger partial charge in [0.25, 0.3) is 5.91 Å². The SMILES string of the molecule is C[C@H]1CCC[C@H]1NC(=O)c1nccnc1N. The predicted octanol–water partition coefficient (Wildman–Crippen LogP) is 0.977. The third-order valence-corrected chi connectivity index (χ3v) is 3.12. The number of aromatic nitrogens is 2. The van der Waals surface area contributed by atoms with Crippen molar-refractivity contribution in [2.75, 3.05) is 5.73 Å². The molecule has 86 valence electrons. The quantitative estimate of drug-likeness (QED) is 0.778. The van der Waals surface area contributed by atoms with Crippen molar-refractivity contribution >= 4 is 11.7 Å². The maximum absolute atomic E-state index is 11.9. The van der Waals surface area contributed by atoms with E-state index in [4.69, 9.17) is 5.73 Å². The van der Waals surface area contributed by atoms with Crippen molar-refractivity contribution < 1.29 is 4.79 Å². The Morgan fingerprint density at radius 2 is 2.19 bits per heavy atom. The average molecular weight is 220 g/mol. The number of hydrogen-bond acceptors (Lipinski definition) is 4. The lowest BCUT2D eigenvalue weighted by atomic mass is 10.1. The zero-order chi connectivity index (χ0) is 11.5. The molecule has 0 unspecified atom stereocenters. The van der Waals surface area contributed by atoms with Crippen LogP contribution in [-0.2, 0) is 0 Å². The van der Waals surface area contributed by atoms with Crippen LogP contribution in [0.15, 0.2) is 12.4 Å². The fourth-order valence-corrected chi connectivity index (χ4v) is 2.12. The molecule has 3 N–H and O–H groups in total. The van der Waals surface area contributed by atoms with Crippen LogP contribution >= 0.6 is 0 Å². The summed E-state index contributed by atoms with van der Waals surface area (Å²) in [5.74, 6) is 0.497. The van der Waals surface area contributed by atoms with Gasteiger partial charge < -0.3 is 11.1 Å². The van der Waals surface area contributed by atoms with Gasteiger partial charge in [-0.3, -0.25) is 4.79 Å². The maximum Gasteiger partial charge on any atom is 0.273 e. The summed E-state index contributed by atoms with van der Waals surface area (Å²) in [6, 6.07) is 0.244. The summed E-state index contributed by atoms with van der Waals surface area (Å²) in [6.07, 6.45) is 6.32. The number of anilines is 1. The largest absolute Gasteiger partial charge is 0.382 e. The van der Waals surface area contributed by atoms with Crippen molar-refractivity contribution in [2.24, 2.45) is 5.92 Å². The number of nitrogen functional groups attached to an aromatic ring is 1. The Bertz CT molecular complexity index is 393. The normalized spacial score (nSPS) is 24.3. The number of amides is 1. The van der Waals surface area contributed by atoms with E-state index >= 15 is 0 Å². The van der Waals surface area contributed by atoms with Gasteiger partial charge in [-0.2, -0.15) is 0 Å². The van der Waals surface area contributed by atoms with Crippen molar-refractivity contribution in [3.05, 3.63) is 18.1 Å². The van der Waals surface area contributed by atoms with E-state index in [0.29, 0.717) is 5.92 Å². The van der Waals surface area contributed by atoms with Crippen molar-refractivity contribution in [1.29, 1.82) is 0 Å². The smallest absolute Gasteiger partial charge is 0.273 e. The summed E-state index contributed by atoms with van der Waals surface area (Å²) in [5, 5.41) is 2.96. The second-order valence-electron chi connectivity index (χ2n) is 4.28. The van der Waals surface area contributed by atoms with Gasteiger partial charge in [-0.25, -0.2) is 9.97 Å².